The minimum atomic E-state index is -0.319. The Bertz CT molecular complexity index is 975. The molecule has 1 aromatic heterocycles. The van der Waals surface area contributed by atoms with Crippen molar-refractivity contribution in [3.63, 3.8) is 0 Å². The summed E-state index contributed by atoms with van der Waals surface area (Å²) in [6, 6.07) is 15.0. The fraction of sp³-hybridized carbons (Fsp3) is 0.238. The monoisotopic (exact) mass is 366 g/mol. The number of oxime groups is 1. The van der Waals surface area contributed by atoms with Crippen molar-refractivity contribution in [1.82, 2.24) is 0 Å². The van der Waals surface area contributed by atoms with Crippen LogP contribution in [0.25, 0.3) is 11.0 Å². The molecule has 0 unspecified atom stereocenters. The Morgan fingerprint density at radius 1 is 1.15 bits per heavy atom. The molecule has 0 saturated carbocycles. The van der Waals surface area contributed by atoms with Gasteiger partial charge in [-0.3, -0.25) is 4.79 Å². The fourth-order valence-electron chi connectivity index (χ4n) is 2.79. The molecule has 27 heavy (non-hydrogen) atoms. The average molecular weight is 366 g/mol. The second kappa shape index (κ2) is 8.40. The van der Waals surface area contributed by atoms with Crippen molar-refractivity contribution >= 4 is 28.3 Å². The molecule has 0 aliphatic rings. The predicted octanol–water partition coefficient (Wildman–Crippen LogP) is 4.52. The van der Waals surface area contributed by atoms with E-state index in [1.807, 2.05) is 50.2 Å². The summed E-state index contributed by atoms with van der Waals surface area (Å²) >= 11 is 0. The van der Waals surface area contributed by atoms with Crippen molar-refractivity contribution in [2.75, 3.05) is 18.5 Å². The summed E-state index contributed by atoms with van der Waals surface area (Å²) in [5.74, 6) is 0.948. The molecule has 0 fully saturated rings. The van der Waals surface area contributed by atoms with Crippen LogP contribution in [0.4, 0.5) is 5.69 Å². The van der Waals surface area contributed by atoms with Crippen molar-refractivity contribution in [3.8, 4) is 5.75 Å². The molecule has 6 nitrogen and oxygen atoms in total. The van der Waals surface area contributed by atoms with E-state index in [2.05, 4.69) is 10.5 Å². The Morgan fingerprint density at radius 2 is 1.89 bits per heavy atom. The summed E-state index contributed by atoms with van der Waals surface area (Å²) in [4.78, 5) is 17.3. The van der Waals surface area contributed by atoms with E-state index in [9.17, 15) is 4.79 Å². The zero-order chi connectivity index (χ0) is 19.2. The summed E-state index contributed by atoms with van der Waals surface area (Å²) < 4.78 is 11.3. The molecule has 2 aromatic carbocycles. The summed E-state index contributed by atoms with van der Waals surface area (Å²) in [5.41, 5.74) is 2.96. The van der Waals surface area contributed by atoms with Gasteiger partial charge in [0.15, 0.2) is 12.4 Å². The highest BCUT2D eigenvalue weighted by atomic mass is 16.6. The van der Waals surface area contributed by atoms with E-state index in [0.717, 1.165) is 16.5 Å². The maximum atomic E-state index is 12.1. The van der Waals surface area contributed by atoms with E-state index in [1.165, 1.54) is 0 Å². The van der Waals surface area contributed by atoms with Gasteiger partial charge in [-0.25, -0.2) is 0 Å². The Balaban J connectivity index is 1.62. The van der Waals surface area contributed by atoms with Gasteiger partial charge in [0.1, 0.15) is 17.0 Å². The standard InChI is InChI=1S/C21H22N2O4/c1-4-25-19-12-8-6-10-17(19)22-20(24)13-26-23-15(3)21-14(2)16-9-5-7-11-18(16)27-21/h5-12H,4,13H2,1-3H3,(H,22,24). The van der Waals surface area contributed by atoms with Gasteiger partial charge >= 0.3 is 0 Å². The lowest BCUT2D eigenvalue weighted by atomic mass is 10.1. The molecule has 3 aromatic rings. The van der Waals surface area contributed by atoms with Crippen molar-refractivity contribution in [3.05, 3.63) is 59.9 Å². The molecule has 0 spiro atoms. The smallest absolute Gasteiger partial charge is 0.265 e. The highest BCUT2D eigenvalue weighted by Crippen LogP contribution is 2.25. The molecule has 6 heteroatoms. The number of aryl methyl sites for hydroxylation is 1. The third-order valence-corrected chi connectivity index (χ3v) is 4.03. The highest BCUT2D eigenvalue weighted by molar-refractivity contribution is 6.02. The number of para-hydroxylation sites is 3. The molecular formula is C21H22N2O4. The fourth-order valence-corrected chi connectivity index (χ4v) is 2.79. The Morgan fingerprint density at radius 3 is 2.67 bits per heavy atom. The zero-order valence-electron chi connectivity index (χ0n) is 15.6. The van der Waals surface area contributed by atoms with Gasteiger partial charge in [0.2, 0.25) is 0 Å². The van der Waals surface area contributed by atoms with E-state index in [1.54, 1.807) is 19.1 Å². The lowest BCUT2D eigenvalue weighted by Crippen LogP contribution is -2.18. The van der Waals surface area contributed by atoms with Gasteiger partial charge in [-0.2, -0.15) is 0 Å². The summed E-state index contributed by atoms with van der Waals surface area (Å²) in [5, 5.41) is 7.82. The van der Waals surface area contributed by atoms with Crippen LogP contribution >= 0.6 is 0 Å². The normalized spacial score (nSPS) is 11.4. The Kier molecular flexibility index (Phi) is 5.76. The van der Waals surface area contributed by atoms with Gasteiger partial charge < -0.3 is 19.3 Å². The number of benzene rings is 2. The summed E-state index contributed by atoms with van der Waals surface area (Å²) in [6.45, 7) is 5.95. The third-order valence-electron chi connectivity index (χ3n) is 4.03. The molecule has 140 valence electrons. The second-order valence-corrected chi connectivity index (χ2v) is 5.98. The summed E-state index contributed by atoms with van der Waals surface area (Å²) in [6.07, 6.45) is 0. The second-order valence-electron chi connectivity index (χ2n) is 5.98. The number of hydrogen-bond acceptors (Lipinski definition) is 5. The largest absolute Gasteiger partial charge is 0.492 e. The molecule has 1 heterocycles. The number of nitrogens with zero attached hydrogens (tertiary/aromatic N) is 1. The molecular weight excluding hydrogens is 344 g/mol. The molecule has 3 rings (SSSR count). The number of hydrogen-bond donors (Lipinski definition) is 1. The molecule has 0 bridgehead atoms. The number of carbonyl (C=O) groups is 1. The first-order valence-corrected chi connectivity index (χ1v) is 8.77. The van der Waals surface area contributed by atoms with Crippen molar-refractivity contribution in [1.29, 1.82) is 0 Å². The lowest BCUT2D eigenvalue weighted by Gasteiger charge is -2.10. The first-order chi connectivity index (χ1) is 13.1. The van der Waals surface area contributed by atoms with Gasteiger partial charge in [-0.1, -0.05) is 35.5 Å². The molecule has 0 aliphatic heterocycles. The summed E-state index contributed by atoms with van der Waals surface area (Å²) in [7, 11) is 0. The zero-order valence-corrected chi connectivity index (χ0v) is 15.6. The van der Waals surface area contributed by atoms with Crippen LogP contribution in [0.15, 0.2) is 58.1 Å². The van der Waals surface area contributed by atoms with Crippen LogP contribution < -0.4 is 10.1 Å². The van der Waals surface area contributed by atoms with E-state index in [-0.39, 0.29) is 12.5 Å². The Hall–Kier alpha value is -3.28. The maximum absolute atomic E-state index is 12.1. The van der Waals surface area contributed by atoms with Crippen LogP contribution in [0.1, 0.15) is 25.2 Å². The lowest BCUT2D eigenvalue weighted by molar-refractivity contribution is -0.120. The molecule has 0 aliphatic carbocycles. The van der Waals surface area contributed by atoms with Crippen LogP contribution in [0.5, 0.6) is 5.75 Å². The van der Waals surface area contributed by atoms with Crippen molar-refractivity contribution < 1.29 is 18.8 Å². The van der Waals surface area contributed by atoms with Gasteiger partial charge in [-0.05, 0) is 39.0 Å². The first-order valence-electron chi connectivity index (χ1n) is 8.77. The molecule has 1 N–H and O–H groups in total. The van der Waals surface area contributed by atoms with Gasteiger partial charge in [0.25, 0.3) is 5.91 Å². The topological polar surface area (TPSA) is 73.1 Å². The predicted molar refractivity (Wildman–Crippen MR) is 105 cm³/mol. The number of furan rings is 1. The van der Waals surface area contributed by atoms with Crippen LogP contribution in [0.2, 0.25) is 0 Å². The van der Waals surface area contributed by atoms with Gasteiger partial charge in [-0.15, -0.1) is 0 Å². The maximum Gasteiger partial charge on any atom is 0.265 e. The quantitative estimate of drug-likeness (QED) is 0.493. The van der Waals surface area contributed by atoms with Crippen LogP contribution in [-0.2, 0) is 9.63 Å². The number of anilines is 1. The van der Waals surface area contributed by atoms with Crippen LogP contribution in [0, 0.1) is 6.92 Å². The molecule has 0 saturated heterocycles. The van der Waals surface area contributed by atoms with Crippen molar-refractivity contribution in [2.24, 2.45) is 5.16 Å². The first kappa shape index (κ1) is 18.5. The highest BCUT2D eigenvalue weighted by Gasteiger charge is 2.13. The number of nitrogens with one attached hydrogen (secondary N) is 1. The Labute approximate surface area is 157 Å². The minimum Gasteiger partial charge on any atom is -0.492 e. The van der Waals surface area contributed by atoms with Gasteiger partial charge in [0, 0.05) is 10.9 Å². The van der Waals surface area contributed by atoms with Crippen LogP contribution in [-0.4, -0.2) is 24.8 Å². The number of ether oxygens (including phenoxy) is 1. The SMILES string of the molecule is CCOc1ccccc1NC(=O)CON=C(C)c1oc2ccccc2c1C. The van der Waals surface area contributed by atoms with Crippen molar-refractivity contribution in [2.45, 2.75) is 20.8 Å². The van der Waals surface area contributed by atoms with E-state index in [4.69, 9.17) is 14.0 Å². The molecule has 0 atom stereocenters. The molecule has 1 amide bonds. The number of rotatable bonds is 7. The number of carbonyl (C=O) groups excluding carboxylic acids is 1. The average Bonchev–Trinajstić information content (AvgIpc) is 3.01. The number of amides is 1. The molecule has 0 radical (unpaired) electrons. The van der Waals surface area contributed by atoms with E-state index >= 15 is 0 Å². The minimum absolute atomic E-state index is 0.211. The van der Waals surface area contributed by atoms with E-state index in [0.29, 0.717) is 29.5 Å². The van der Waals surface area contributed by atoms with Gasteiger partial charge in [0.05, 0.1) is 12.3 Å². The third kappa shape index (κ3) is 4.28. The number of fused-ring (bicyclic) bond motifs is 1. The van der Waals surface area contributed by atoms with E-state index < -0.39 is 0 Å². The van der Waals surface area contributed by atoms with Crippen LogP contribution in [0.3, 0.4) is 0 Å².